The zero-order valence-corrected chi connectivity index (χ0v) is 14.9. The summed E-state index contributed by atoms with van der Waals surface area (Å²) in [5.74, 6) is 0.518. The third kappa shape index (κ3) is 2.91. The van der Waals surface area contributed by atoms with E-state index in [2.05, 4.69) is 36.5 Å². The van der Waals surface area contributed by atoms with E-state index in [-0.39, 0.29) is 23.0 Å². The largest absolute Gasteiger partial charge is 0.397 e. The topological polar surface area (TPSA) is 149 Å². The lowest BCUT2D eigenvalue weighted by molar-refractivity contribution is 0.842. The predicted octanol–water partition coefficient (Wildman–Crippen LogP) is 2.48. The van der Waals surface area contributed by atoms with E-state index in [0.717, 1.165) is 5.56 Å². The van der Waals surface area contributed by atoms with Crippen molar-refractivity contribution >= 4 is 50.8 Å². The first-order valence-corrected chi connectivity index (χ1v) is 8.07. The minimum atomic E-state index is -0.612. The van der Waals surface area contributed by atoms with Crippen molar-refractivity contribution in [2.24, 2.45) is 4.99 Å². The Hall–Kier alpha value is -3.01. The molecule has 1 atom stereocenters. The molecule has 1 aromatic heterocycles. The van der Waals surface area contributed by atoms with Crippen molar-refractivity contribution in [3.8, 4) is 12.3 Å². The maximum Gasteiger partial charge on any atom is 0.211 e. The minimum Gasteiger partial charge on any atom is -0.397 e. The number of nitrogen functional groups attached to an aromatic ring is 2. The lowest BCUT2D eigenvalue weighted by Crippen LogP contribution is -2.32. The van der Waals surface area contributed by atoms with Crippen molar-refractivity contribution in [3.63, 3.8) is 0 Å². The van der Waals surface area contributed by atoms with Crippen molar-refractivity contribution in [2.75, 3.05) is 16.8 Å². The van der Waals surface area contributed by atoms with E-state index >= 15 is 0 Å². The van der Waals surface area contributed by atoms with Gasteiger partial charge in [-0.3, -0.25) is 5.32 Å². The molecule has 1 aliphatic rings. The Bertz CT molecular complexity index is 988. The molecule has 2 aromatic rings. The molecule has 1 aromatic carbocycles. The number of aliphatic imine (C=N–C) groups is 1. The molecule has 0 saturated carbocycles. The smallest absolute Gasteiger partial charge is 0.211 e. The SMILES string of the molecule is N#CNC1=NC(c2ccc(Cl)cc2Br)c2c(nc(N)c(C#N)c2N)N1. The van der Waals surface area contributed by atoms with Gasteiger partial charge in [-0.05, 0) is 17.7 Å². The predicted molar refractivity (Wildman–Crippen MR) is 98.6 cm³/mol. The highest BCUT2D eigenvalue weighted by atomic mass is 79.9. The van der Waals surface area contributed by atoms with Crippen LogP contribution in [-0.2, 0) is 0 Å². The van der Waals surface area contributed by atoms with Crippen LogP contribution in [0.2, 0.25) is 5.02 Å². The van der Waals surface area contributed by atoms with Gasteiger partial charge in [0.1, 0.15) is 29.3 Å². The number of nitrogens with one attached hydrogen (secondary N) is 2. The fourth-order valence-electron chi connectivity index (χ4n) is 2.53. The summed E-state index contributed by atoms with van der Waals surface area (Å²) >= 11 is 9.46. The highest BCUT2D eigenvalue weighted by Gasteiger charge is 2.30. The fourth-order valence-corrected chi connectivity index (χ4v) is 3.43. The van der Waals surface area contributed by atoms with Gasteiger partial charge in [-0.15, -0.1) is 0 Å². The summed E-state index contributed by atoms with van der Waals surface area (Å²) in [6, 6.07) is 6.55. The molecule has 10 heteroatoms. The van der Waals surface area contributed by atoms with E-state index < -0.39 is 6.04 Å². The summed E-state index contributed by atoms with van der Waals surface area (Å²) in [6.45, 7) is 0. The van der Waals surface area contributed by atoms with Crippen LogP contribution in [0.3, 0.4) is 0 Å². The van der Waals surface area contributed by atoms with E-state index in [0.29, 0.717) is 20.9 Å². The molecule has 0 spiro atoms. The fraction of sp³-hybridized carbons (Fsp3) is 0.0667. The second-order valence-corrected chi connectivity index (χ2v) is 6.36. The molecule has 25 heavy (non-hydrogen) atoms. The second kappa shape index (κ2) is 6.48. The van der Waals surface area contributed by atoms with E-state index in [1.165, 1.54) is 0 Å². The van der Waals surface area contributed by atoms with Gasteiger partial charge in [0.05, 0.1) is 5.69 Å². The Morgan fingerprint density at radius 3 is 2.72 bits per heavy atom. The average molecular weight is 418 g/mol. The number of anilines is 3. The quantitative estimate of drug-likeness (QED) is 0.411. The summed E-state index contributed by atoms with van der Waals surface area (Å²) in [5.41, 5.74) is 13.5. The van der Waals surface area contributed by atoms with Crippen molar-refractivity contribution in [2.45, 2.75) is 6.04 Å². The van der Waals surface area contributed by atoms with Crippen LogP contribution in [0.15, 0.2) is 27.7 Å². The summed E-state index contributed by atoms with van der Waals surface area (Å²) in [6.07, 6.45) is 1.80. The number of benzene rings is 1. The molecule has 2 heterocycles. The van der Waals surface area contributed by atoms with E-state index in [4.69, 9.17) is 28.3 Å². The van der Waals surface area contributed by atoms with Gasteiger partial charge in [0, 0.05) is 15.1 Å². The molecule has 1 aliphatic heterocycles. The number of fused-ring (bicyclic) bond motifs is 1. The minimum absolute atomic E-state index is 0.00150. The molecule has 1 unspecified atom stereocenters. The molecular formula is C15H10BrClN8. The maximum absolute atomic E-state index is 9.30. The van der Waals surface area contributed by atoms with Crippen molar-refractivity contribution in [3.05, 3.63) is 44.4 Å². The molecule has 0 radical (unpaired) electrons. The van der Waals surface area contributed by atoms with Gasteiger partial charge in [-0.25, -0.2) is 9.98 Å². The molecule has 124 valence electrons. The first kappa shape index (κ1) is 16.8. The van der Waals surface area contributed by atoms with Crippen molar-refractivity contribution < 1.29 is 0 Å². The Morgan fingerprint density at radius 2 is 2.08 bits per heavy atom. The highest BCUT2D eigenvalue weighted by Crippen LogP contribution is 2.42. The lowest BCUT2D eigenvalue weighted by Gasteiger charge is -2.26. The number of halogens is 2. The van der Waals surface area contributed by atoms with Gasteiger partial charge in [0.15, 0.2) is 6.19 Å². The molecular weight excluding hydrogens is 408 g/mol. The van der Waals surface area contributed by atoms with Crippen LogP contribution in [0.4, 0.5) is 17.3 Å². The number of nitrogens with zero attached hydrogens (tertiary/aromatic N) is 4. The summed E-state index contributed by atoms with van der Waals surface area (Å²) in [7, 11) is 0. The van der Waals surface area contributed by atoms with Crippen molar-refractivity contribution in [1.82, 2.24) is 10.3 Å². The van der Waals surface area contributed by atoms with Gasteiger partial charge >= 0.3 is 0 Å². The number of pyridine rings is 1. The van der Waals surface area contributed by atoms with Crippen LogP contribution < -0.4 is 22.1 Å². The van der Waals surface area contributed by atoms with Crippen LogP contribution in [0, 0.1) is 22.8 Å². The van der Waals surface area contributed by atoms with Crippen molar-refractivity contribution in [1.29, 1.82) is 10.5 Å². The molecule has 0 saturated heterocycles. The highest BCUT2D eigenvalue weighted by molar-refractivity contribution is 9.10. The first-order valence-electron chi connectivity index (χ1n) is 6.90. The van der Waals surface area contributed by atoms with E-state index in [1.54, 1.807) is 24.4 Å². The maximum atomic E-state index is 9.30. The molecule has 6 N–H and O–H groups in total. The van der Waals surface area contributed by atoms with Crippen LogP contribution in [0.25, 0.3) is 0 Å². The van der Waals surface area contributed by atoms with E-state index in [1.807, 2.05) is 6.07 Å². The molecule has 0 amide bonds. The number of hydrogen-bond donors (Lipinski definition) is 4. The Morgan fingerprint density at radius 1 is 1.32 bits per heavy atom. The Balaban J connectivity index is 2.28. The number of hydrogen-bond acceptors (Lipinski definition) is 8. The molecule has 8 nitrogen and oxygen atoms in total. The summed E-state index contributed by atoms with van der Waals surface area (Å²) in [5, 5.41) is 24.0. The van der Waals surface area contributed by atoms with Gasteiger partial charge in [-0.1, -0.05) is 33.6 Å². The standard InChI is InChI=1S/C15H10BrClN8/c16-9-3-6(17)1-2-7(9)12-10-11(20)8(4-18)13(21)24-14(10)25-15(23-12)22-5-19/h1-3,12H,(H6,20,21,22,23,24,25). The number of nitriles is 2. The summed E-state index contributed by atoms with van der Waals surface area (Å²) < 4.78 is 0.702. The molecule has 3 rings (SSSR count). The first-order chi connectivity index (χ1) is 12.0. The van der Waals surface area contributed by atoms with Gasteiger partial charge in [-0.2, -0.15) is 10.5 Å². The number of aromatic nitrogens is 1. The van der Waals surface area contributed by atoms with E-state index in [9.17, 15) is 5.26 Å². The third-order valence-electron chi connectivity index (χ3n) is 3.61. The summed E-state index contributed by atoms with van der Waals surface area (Å²) in [4.78, 5) is 8.66. The lowest BCUT2D eigenvalue weighted by atomic mass is 9.95. The van der Waals surface area contributed by atoms with Gasteiger partial charge in [0.25, 0.3) is 0 Å². The normalized spacial score (nSPS) is 15.2. The Labute approximate surface area is 156 Å². The molecule has 0 bridgehead atoms. The van der Waals surface area contributed by atoms with Gasteiger partial charge in [0.2, 0.25) is 5.96 Å². The third-order valence-corrected chi connectivity index (χ3v) is 4.54. The monoisotopic (exact) mass is 416 g/mol. The number of nitrogens with two attached hydrogens (primary N) is 2. The van der Waals surface area contributed by atoms with Crippen LogP contribution in [0.5, 0.6) is 0 Å². The zero-order valence-electron chi connectivity index (χ0n) is 12.5. The second-order valence-electron chi connectivity index (χ2n) is 5.07. The average Bonchev–Trinajstić information content (AvgIpc) is 2.54. The van der Waals surface area contributed by atoms with Crippen LogP contribution in [0.1, 0.15) is 22.7 Å². The molecule has 0 fully saturated rings. The molecule has 0 aliphatic carbocycles. The van der Waals surface area contributed by atoms with Crippen LogP contribution >= 0.6 is 27.5 Å². The number of rotatable bonds is 1. The van der Waals surface area contributed by atoms with Gasteiger partial charge < -0.3 is 16.8 Å². The zero-order chi connectivity index (χ0) is 18.1. The number of guanidine groups is 1. The Kier molecular flexibility index (Phi) is 4.36. The van der Waals surface area contributed by atoms with Crippen LogP contribution in [-0.4, -0.2) is 10.9 Å².